The molecule has 2 aromatic rings. The molecule has 0 aromatic carbocycles. The largest absolute Gasteiger partial charge is 0.463 e. The number of nitrogens with zero attached hydrogens (tertiary/aromatic N) is 4. The highest BCUT2D eigenvalue weighted by Crippen LogP contribution is 2.42. The van der Waals surface area contributed by atoms with E-state index < -0.39 is 58.8 Å². The van der Waals surface area contributed by atoms with Crippen LogP contribution in [0.15, 0.2) is 18.5 Å². The molecule has 1 saturated carbocycles. The number of hydrogen-bond acceptors (Lipinski definition) is 12. The zero-order valence-corrected chi connectivity index (χ0v) is 26.7. The molecule has 2 aromatic heterocycles. The van der Waals surface area contributed by atoms with Crippen LogP contribution in [-0.2, 0) is 38.9 Å². The van der Waals surface area contributed by atoms with Crippen LogP contribution in [-0.4, -0.2) is 80.7 Å². The predicted octanol–water partition coefficient (Wildman–Crippen LogP) is 2.37. The first kappa shape index (κ1) is 34.2. The van der Waals surface area contributed by atoms with Crippen LogP contribution in [0.4, 0.5) is 5.82 Å². The Morgan fingerprint density at radius 2 is 1.93 bits per heavy atom. The molecule has 1 saturated heterocycles. The molecule has 4 N–H and O–H groups in total. The number of aliphatic hydroxyl groups excluding tert-OH is 1. The molecular formula is C31H44N6O8. The van der Waals surface area contributed by atoms with Crippen molar-refractivity contribution in [2.24, 2.45) is 17.1 Å². The summed E-state index contributed by atoms with van der Waals surface area (Å²) in [5, 5.41) is 29.2. The molecule has 14 nitrogen and oxygen atoms in total. The van der Waals surface area contributed by atoms with Crippen LogP contribution in [0.3, 0.4) is 0 Å². The number of carbonyl (C=O) groups is 3. The zero-order valence-electron chi connectivity index (χ0n) is 26.7. The van der Waals surface area contributed by atoms with E-state index in [1.54, 1.807) is 47.6 Å². The minimum absolute atomic E-state index is 0.0791. The number of nitrogens with two attached hydrogens (primary N) is 1. The Morgan fingerprint density at radius 1 is 1.24 bits per heavy atom. The van der Waals surface area contributed by atoms with Gasteiger partial charge < -0.3 is 35.1 Å². The van der Waals surface area contributed by atoms with E-state index in [4.69, 9.17) is 24.7 Å². The van der Waals surface area contributed by atoms with Gasteiger partial charge in [-0.05, 0) is 57.1 Å². The first-order chi connectivity index (χ1) is 21.1. The topological polar surface area (TPSA) is 200 Å². The van der Waals surface area contributed by atoms with Crippen LogP contribution in [0, 0.1) is 22.7 Å². The summed E-state index contributed by atoms with van der Waals surface area (Å²) in [6.07, 6.45) is 1.09. The molecule has 5 atom stereocenters. The Morgan fingerprint density at radius 3 is 2.56 bits per heavy atom. The van der Waals surface area contributed by atoms with Crippen molar-refractivity contribution >= 4 is 29.2 Å². The monoisotopic (exact) mass is 628 g/mol. The van der Waals surface area contributed by atoms with Crippen molar-refractivity contribution in [2.45, 2.75) is 109 Å². The number of amides is 1. The van der Waals surface area contributed by atoms with Gasteiger partial charge in [-0.1, -0.05) is 33.6 Å². The third kappa shape index (κ3) is 7.12. The van der Waals surface area contributed by atoms with Gasteiger partial charge in [0, 0.05) is 13.0 Å². The minimum Gasteiger partial charge on any atom is -0.463 e. The molecule has 45 heavy (non-hydrogen) atoms. The molecule has 0 bridgehead atoms. The van der Waals surface area contributed by atoms with Crippen molar-refractivity contribution in [3.63, 3.8) is 0 Å². The third-order valence-electron chi connectivity index (χ3n) is 8.49. The van der Waals surface area contributed by atoms with E-state index in [0.717, 1.165) is 25.7 Å². The number of hydrogen-bond donors (Lipinski definition) is 3. The fourth-order valence-corrected chi connectivity index (χ4v) is 5.68. The Balaban J connectivity index is 1.66. The number of nitrogens with one attached hydrogen (secondary N) is 1. The molecule has 0 radical (unpaired) electrons. The molecule has 0 unspecified atom stereocenters. The fourth-order valence-electron chi connectivity index (χ4n) is 5.68. The van der Waals surface area contributed by atoms with Crippen LogP contribution < -0.4 is 11.1 Å². The number of carbonyl (C=O) groups excluding carboxylic acids is 3. The van der Waals surface area contributed by atoms with E-state index >= 15 is 0 Å². The van der Waals surface area contributed by atoms with Gasteiger partial charge in [0.2, 0.25) is 5.60 Å². The van der Waals surface area contributed by atoms with Gasteiger partial charge in [0.05, 0.1) is 5.69 Å². The number of nitriles is 1. The summed E-state index contributed by atoms with van der Waals surface area (Å²) in [6, 6.07) is 4.03. The normalized spacial score (nSPS) is 24.7. The minimum atomic E-state index is -2.12. The van der Waals surface area contributed by atoms with Crippen LogP contribution in [0.25, 0.3) is 5.52 Å². The molecule has 3 heterocycles. The molecular weight excluding hydrogens is 584 g/mol. The van der Waals surface area contributed by atoms with Gasteiger partial charge >= 0.3 is 11.9 Å². The molecule has 4 rings (SSSR count). The van der Waals surface area contributed by atoms with Crippen LogP contribution in [0.5, 0.6) is 0 Å². The first-order valence-corrected chi connectivity index (χ1v) is 15.3. The number of aromatic nitrogens is 3. The average molecular weight is 629 g/mol. The standard InChI is InChI=1S/C31H44N6O8/c1-7-43-30(5,6)28(41)36-26-19-12-13-21(37(19)35-17-34-26)31(16-32)25(39)23(44-27(40)24(33)29(2,3)4)20(45-31)15-42-22(38)14-18-10-8-9-11-18/h12-13,17-18,20,23-25,39H,7-11,14-15,33H2,1-6H3,(H,34,35,36,41)/t20-,23-,24-,25-,31+/m1/s1. The van der Waals surface area contributed by atoms with Gasteiger partial charge in [-0.25, -0.2) is 9.50 Å². The highest BCUT2D eigenvalue weighted by Gasteiger charge is 2.60. The lowest BCUT2D eigenvalue weighted by molar-refractivity contribution is -0.163. The van der Waals surface area contributed by atoms with Crippen molar-refractivity contribution in [3.05, 3.63) is 24.2 Å². The number of esters is 2. The van der Waals surface area contributed by atoms with Gasteiger partial charge in [0.1, 0.15) is 48.4 Å². The van der Waals surface area contributed by atoms with E-state index in [1.807, 2.05) is 6.07 Å². The van der Waals surface area contributed by atoms with E-state index in [0.29, 0.717) is 12.1 Å². The van der Waals surface area contributed by atoms with Gasteiger partial charge in [0.15, 0.2) is 11.9 Å². The molecule has 14 heteroatoms. The fraction of sp³-hybridized carbons (Fsp3) is 0.677. The van der Waals surface area contributed by atoms with Crippen molar-refractivity contribution in [3.8, 4) is 6.07 Å². The molecule has 1 aliphatic carbocycles. The SMILES string of the molecule is CCOC(C)(C)C(=O)Nc1ncnn2c([C@]3(C#N)O[C@H](COC(=O)CC4CCCC4)[C@@H](OC(=O)[C@@H](N)C(C)(C)C)[C@H]3O)ccc12. The van der Waals surface area contributed by atoms with Gasteiger partial charge in [0.25, 0.3) is 5.91 Å². The van der Waals surface area contributed by atoms with Crippen LogP contribution in [0.2, 0.25) is 0 Å². The highest BCUT2D eigenvalue weighted by molar-refractivity contribution is 5.98. The smallest absolute Gasteiger partial charge is 0.323 e. The maximum atomic E-state index is 13.1. The Kier molecular flexibility index (Phi) is 10.2. The van der Waals surface area contributed by atoms with Gasteiger partial charge in [-0.2, -0.15) is 10.4 Å². The average Bonchev–Trinajstić information content (AvgIpc) is 3.71. The zero-order chi connectivity index (χ0) is 33.2. The lowest BCUT2D eigenvalue weighted by Crippen LogP contribution is -2.49. The van der Waals surface area contributed by atoms with Crippen molar-refractivity contribution in [2.75, 3.05) is 18.5 Å². The second-order valence-electron chi connectivity index (χ2n) is 13.3. The number of fused-ring (bicyclic) bond motifs is 1. The summed E-state index contributed by atoms with van der Waals surface area (Å²) < 4.78 is 24.2. The third-order valence-corrected chi connectivity index (χ3v) is 8.49. The van der Waals surface area contributed by atoms with Crippen molar-refractivity contribution < 1.29 is 38.4 Å². The second-order valence-corrected chi connectivity index (χ2v) is 13.3. The number of ether oxygens (including phenoxy) is 4. The molecule has 2 fully saturated rings. The Labute approximate surface area is 262 Å². The lowest BCUT2D eigenvalue weighted by atomic mass is 9.87. The van der Waals surface area contributed by atoms with E-state index in [2.05, 4.69) is 15.4 Å². The number of rotatable bonds is 11. The summed E-state index contributed by atoms with van der Waals surface area (Å²) in [5.74, 6) is -1.34. The molecule has 246 valence electrons. The van der Waals surface area contributed by atoms with E-state index in [1.165, 1.54) is 16.9 Å². The Hall–Kier alpha value is -3.64. The second kappa shape index (κ2) is 13.4. The molecule has 2 aliphatic rings. The van der Waals surface area contributed by atoms with Gasteiger partial charge in [-0.3, -0.25) is 14.4 Å². The summed E-state index contributed by atoms with van der Waals surface area (Å²) in [7, 11) is 0. The summed E-state index contributed by atoms with van der Waals surface area (Å²) in [4.78, 5) is 42.9. The highest BCUT2D eigenvalue weighted by atomic mass is 16.6. The molecule has 1 amide bonds. The number of anilines is 1. The summed E-state index contributed by atoms with van der Waals surface area (Å²) in [5.41, 5.74) is 2.58. The quantitative estimate of drug-likeness (QED) is 0.307. The van der Waals surface area contributed by atoms with Gasteiger partial charge in [-0.15, -0.1) is 0 Å². The Bertz CT molecular complexity index is 1440. The van der Waals surface area contributed by atoms with Crippen molar-refractivity contribution in [1.29, 1.82) is 5.26 Å². The molecule has 1 aliphatic heterocycles. The first-order valence-electron chi connectivity index (χ1n) is 15.3. The van der Waals surface area contributed by atoms with E-state index in [9.17, 15) is 24.8 Å². The van der Waals surface area contributed by atoms with Crippen LogP contribution in [0.1, 0.15) is 79.3 Å². The van der Waals surface area contributed by atoms with Crippen LogP contribution >= 0.6 is 0 Å². The summed E-state index contributed by atoms with van der Waals surface area (Å²) in [6.45, 7) is 10.3. The maximum absolute atomic E-state index is 13.1. The lowest BCUT2D eigenvalue weighted by Gasteiger charge is -2.29. The van der Waals surface area contributed by atoms with Crippen molar-refractivity contribution in [1.82, 2.24) is 14.6 Å². The molecule has 0 spiro atoms. The predicted molar refractivity (Wildman–Crippen MR) is 160 cm³/mol. The van der Waals surface area contributed by atoms with E-state index in [-0.39, 0.29) is 30.5 Å². The maximum Gasteiger partial charge on any atom is 0.323 e. The number of aliphatic hydroxyl groups is 1. The summed E-state index contributed by atoms with van der Waals surface area (Å²) >= 11 is 0.